The smallest absolute Gasteiger partial charge is 0.346 e. The van der Waals surface area contributed by atoms with E-state index in [1.165, 1.54) is 29.6 Å². The molecule has 0 radical (unpaired) electrons. The predicted molar refractivity (Wildman–Crippen MR) is 139 cm³/mol. The minimum Gasteiger partial charge on any atom is -0.346 e. The number of nitrogens with one attached hydrogen (secondary N) is 1. The van der Waals surface area contributed by atoms with Crippen molar-refractivity contribution < 1.29 is 18.0 Å². The third kappa shape index (κ3) is 7.27. The van der Waals surface area contributed by atoms with Gasteiger partial charge < -0.3 is 5.32 Å². The second kappa shape index (κ2) is 12.0. The maximum absolute atomic E-state index is 13.1. The first-order chi connectivity index (χ1) is 17.7. The summed E-state index contributed by atoms with van der Waals surface area (Å²) in [4.78, 5) is 16.8. The summed E-state index contributed by atoms with van der Waals surface area (Å²) < 4.78 is 41.1. The molecule has 0 aliphatic carbocycles. The summed E-state index contributed by atoms with van der Waals surface area (Å²) in [6.07, 6.45) is -2.76. The summed E-state index contributed by atoms with van der Waals surface area (Å²) in [5.74, 6) is 0.667. The average Bonchev–Trinajstić information content (AvgIpc) is 3.31. The van der Waals surface area contributed by atoms with Gasteiger partial charge in [-0.15, -0.1) is 10.2 Å². The highest BCUT2D eigenvalue weighted by atomic mass is 35.5. The number of aromatic nitrogens is 4. The van der Waals surface area contributed by atoms with Crippen molar-refractivity contribution in [3.8, 4) is 5.69 Å². The van der Waals surface area contributed by atoms with Crippen LogP contribution in [0.4, 0.5) is 13.2 Å². The fourth-order valence-corrected chi connectivity index (χ4v) is 5.18. The molecule has 192 valence electrons. The molecule has 4 aromatic rings. The topological polar surface area (TPSA) is 72.7 Å². The molecule has 0 saturated carbocycles. The molecular formula is C25H21ClF3N5OS2. The van der Waals surface area contributed by atoms with E-state index in [1.54, 1.807) is 48.0 Å². The van der Waals surface area contributed by atoms with Crippen LogP contribution in [0.15, 0.2) is 83.1 Å². The summed E-state index contributed by atoms with van der Waals surface area (Å²) >= 11 is 8.77. The molecule has 6 nitrogen and oxygen atoms in total. The fourth-order valence-electron chi connectivity index (χ4n) is 3.42. The lowest BCUT2D eigenvalue weighted by Crippen LogP contribution is -2.30. The lowest BCUT2D eigenvalue weighted by Gasteiger charge is -2.16. The Bertz CT molecular complexity index is 1370. The number of carbonyl (C=O) groups is 1. The van der Waals surface area contributed by atoms with E-state index in [1.807, 2.05) is 18.2 Å². The summed E-state index contributed by atoms with van der Waals surface area (Å²) in [6.45, 7) is 1.79. The Kier molecular flexibility index (Phi) is 8.78. The summed E-state index contributed by atoms with van der Waals surface area (Å²) in [5, 5.41) is 13.2. The fraction of sp³-hybridized carbons (Fsp3) is 0.200. The number of benzene rings is 2. The van der Waals surface area contributed by atoms with Gasteiger partial charge in [0.05, 0.1) is 28.1 Å². The number of carbonyl (C=O) groups excluding carboxylic acids is 1. The van der Waals surface area contributed by atoms with Crippen LogP contribution in [-0.2, 0) is 16.7 Å². The molecule has 37 heavy (non-hydrogen) atoms. The van der Waals surface area contributed by atoms with Crippen molar-refractivity contribution >= 4 is 41.0 Å². The zero-order valence-corrected chi connectivity index (χ0v) is 21.8. The van der Waals surface area contributed by atoms with Gasteiger partial charge in [-0.3, -0.25) is 9.36 Å². The van der Waals surface area contributed by atoms with Crippen LogP contribution in [0.25, 0.3) is 5.69 Å². The number of amides is 1. The number of thioether (sulfide) groups is 2. The van der Waals surface area contributed by atoms with Gasteiger partial charge in [0.2, 0.25) is 5.91 Å². The van der Waals surface area contributed by atoms with Gasteiger partial charge in [-0.25, -0.2) is 4.98 Å². The molecule has 0 spiro atoms. The highest BCUT2D eigenvalue weighted by Crippen LogP contribution is 2.32. The lowest BCUT2D eigenvalue weighted by molar-refractivity contribution is -0.137. The molecule has 1 amide bonds. The van der Waals surface area contributed by atoms with Gasteiger partial charge in [0.1, 0.15) is 0 Å². The molecule has 0 saturated heterocycles. The van der Waals surface area contributed by atoms with Crippen LogP contribution in [0.3, 0.4) is 0 Å². The number of alkyl halides is 3. The lowest BCUT2D eigenvalue weighted by atomic mass is 10.1. The van der Waals surface area contributed by atoms with Gasteiger partial charge >= 0.3 is 6.18 Å². The molecule has 0 fully saturated rings. The van der Waals surface area contributed by atoms with Crippen LogP contribution >= 0.6 is 35.1 Å². The average molecular weight is 564 g/mol. The van der Waals surface area contributed by atoms with E-state index in [9.17, 15) is 18.0 Å². The zero-order valence-electron chi connectivity index (χ0n) is 19.4. The standard InChI is InChI=1S/C25H21ClF3N5OS2/c1-16(31-21(35)15-36-22-10-2-3-11-30-22)23-32-33-24(34(23)20-9-5-8-19(26)13-20)37-14-17-6-4-7-18(12-17)25(27,28)29/h2-13,16H,14-15H2,1H3,(H,31,35). The molecule has 1 N–H and O–H groups in total. The van der Waals surface area contributed by atoms with E-state index in [2.05, 4.69) is 20.5 Å². The summed E-state index contributed by atoms with van der Waals surface area (Å²) in [5.41, 5.74) is 0.459. The number of nitrogens with zero attached hydrogens (tertiary/aromatic N) is 4. The molecule has 0 aliphatic heterocycles. The monoisotopic (exact) mass is 563 g/mol. The Labute approximate surface area is 225 Å². The van der Waals surface area contributed by atoms with E-state index in [-0.39, 0.29) is 17.4 Å². The van der Waals surface area contributed by atoms with Gasteiger partial charge in [-0.2, -0.15) is 13.2 Å². The van der Waals surface area contributed by atoms with E-state index < -0.39 is 17.8 Å². The van der Waals surface area contributed by atoms with E-state index >= 15 is 0 Å². The van der Waals surface area contributed by atoms with Gasteiger partial charge in [0, 0.05) is 17.0 Å². The van der Waals surface area contributed by atoms with Crippen LogP contribution in [0.1, 0.15) is 29.9 Å². The molecule has 2 heterocycles. The van der Waals surface area contributed by atoms with Crippen molar-refractivity contribution in [3.63, 3.8) is 0 Å². The first kappa shape index (κ1) is 27.0. The van der Waals surface area contributed by atoms with Crippen LogP contribution in [0.5, 0.6) is 0 Å². The third-order valence-corrected chi connectivity index (χ3v) is 7.28. The third-order valence-electron chi connectivity index (χ3n) is 5.10. The zero-order chi connectivity index (χ0) is 26.4. The first-order valence-corrected chi connectivity index (χ1v) is 13.4. The normalized spacial score (nSPS) is 12.4. The molecule has 0 aliphatic rings. The number of hydrogen-bond donors (Lipinski definition) is 1. The van der Waals surface area contributed by atoms with Crippen LogP contribution in [-0.4, -0.2) is 31.4 Å². The minimum absolute atomic E-state index is 0.170. The van der Waals surface area contributed by atoms with Crippen molar-refractivity contribution in [2.75, 3.05) is 5.75 Å². The van der Waals surface area contributed by atoms with Crippen LogP contribution in [0.2, 0.25) is 5.02 Å². The van der Waals surface area contributed by atoms with Crippen molar-refractivity contribution in [2.24, 2.45) is 0 Å². The van der Waals surface area contributed by atoms with E-state index in [0.29, 0.717) is 27.3 Å². The van der Waals surface area contributed by atoms with Crippen LogP contribution < -0.4 is 5.32 Å². The second-order valence-corrected chi connectivity index (χ2v) is 10.3. The minimum atomic E-state index is -4.42. The van der Waals surface area contributed by atoms with Crippen molar-refractivity contribution in [2.45, 2.75) is 35.1 Å². The molecule has 12 heteroatoms. The molecule has 2 aromatic heterocycles. The van der Waals surface area contributed by atoms with E-state index in [0.717, 1.165) is 17.2 Å². The number of hydrogen-bond acceptors (Lipinski definition) is 6. The van der Waals surface area contributed by atoms with Crippen molar-refractivity contribution in [1.29, 1.82) is 0 Å². The quantitative estimate of drug-likeness (QED) is 0.231. The van der Waals surface area contributed by atoms with Crippen LogP contribution in [0, 0.1) is 0 Å². The summed E-state index contributed by atoms with van der Waals surface area (Å²) in [7, 11) is 0. The Hall–Kier alpha value is -3.02. The number of halogens is 4. The molecule has 4 rings (SSSR count). The van der Waals surface area contributed by atoms with Gasteiger partial charge in [0.25, 0.3) is 0 Å². The molecule has 2 aromatic carbocycles. The second-order valence-electron chi connectivity index (χ2n) is 7.89. The molecular weight excluding hydrogens is 543 g/mol. The first-order valence-electron chi connectivity index (χ1n) is 11.0. The Morgan fingerprint density at radius 2 is 1.86 bits per heavy atom. The Balaban J connectivity index is 1.54. The molecule has 1 atom stereocenters. The van der Waals surface area contributed by atoms with Gasteiger partial charge in [0.15, 0.2) is 11.0 Å². The molecule has 1 unspecified atom stereocenters. The highest BCUT2D eigenvalue weighted by Gasteiger charge is 2.30. The van der Waals surface area contributed by atoms with Gasteiger partial charge in [-0.05, 0) is 48.9 Å². The largest absolute Gasteiger partial charge is 0.416 e. The Morgan fingerprint density at radius 1 is 1.05 bits per heavy atom. The van der Waals surface area contributed by atoms with Crippen molar-refractivity contribution in [3.05, 3.63) is 94.9 Å². The Morgan fingerprint density at radius 3 is 2.59 bits per heavy atom. The van der Waals surface area contributed by atoms with E-state index in [4.69, 9.17) is 11.6 Å². The van der Waals surface area contributed by atoms with Gasteiger partial charge in [-0.1, -0.05) is 65.5 Å². The van der Waals surface area contributed by atoms with Crippen molar-refractivity contribution in [1.82, 2.24) is 25.1 Å². The maximum Gasteiger partial charge on any atom is 0.416 e. The molecule has 0 bridgehead atoms. The number of rotatable bonds is 9. The predicted octanol–water partition coefficient (Wildman–Crippen LogP) is 6.60. The highest BCUT2D eigenvalue weighted by molar-refractivity contribution is 7.99. The number of pyridine rings is 1. The SMILES string of the molecule is CC(NC(=O)CSc1ccccn1)c1nnc(SCc2cccc(C(F)(F)F)c2)n1-c1cccc(Cl)c1. The maximum atomic E-state index is 13.1. The summed E-state index contributed by atoms with van der Waals surface area (Å²) in [6, 6.07) is 17.2.